The van der Waals surface area contributed by atoms with Gasteiger partial charge in [0, 0.05) is 19.2 Å². The van der Waals surface area contributed by atoms with Gasteiger partial charge in [0.2, 0.25) is 5.43 Å². The van der Waals surface area contributed by atoms with Crippen LogP contribution in [0.2, 0.25) is 0 Å². The fourth-order valence-corrected chi connectivity index (χ4v) is 1.87. The third kappa shape index (κ3) is 3.33. The smallest absolute Gasteiger partial charge is 0.336 e. The summed E-state index contributed by atoms with van der Waals surface area (Å²) in [5.74, 6) is -0.414. The van der Waals surface area contributed by atoms with Crippen molar-refractivity contribution >= 4 is 5.97 Å². The lowest BCUT2D eigenvalue weighted by atomic mass is 10.2. The Bertz CT molecular complexity index is 511. The zero-order valence-electron chi connectivity index (χ0n) is 10.5. The number of ether oxygens (including phenoxy) is 2. The molecule has 1 aliphatic heterocycles. The summed E-state index contributed by atoms with van der Waals surface area (Å²) >= 11 is 0. The number of hydrogen-bond donors (Lipinski definition) is 1. The minimum Gasteiger partial charge on any atom is -0.502 e. The van der Waals surface area contributed by atoms with Crippen molar-refractivity contribution in [1.29, 1.82) is 0 Å². The van der Waals surface area contributed by atoms with Gasteiger partial charge in [0.25, 0.3) is 0 Å². The predicted octanol–water partition coefficient (Wildman–Crippen LogP) is -0.281. The number of rotatable bonds is 3. The molecule has 1 aromatic heterocycles. The molecule has 1 aromatic rings. The first-order valence-corrected chi connectivity index (χ1v) is 5.82. The molecule has 1 saturated heterocycles. The van der Waals surface area contributed by atoms with Crippen molar-refractivity contribution < 1.29 is 23.8 Å². The third-order valence-corrected chi connectivity index (χ3v) is 2.86. The highest BCUT2D eigenvalue weighted by Gasteiger charge is 2.27. The lowest BCUT2D eigenvalue weighted by molar-refractivity contribution is -0.160. The minimum atomic E-state index is -0.623. The Labute approximate surface area is 109 Å². The molecule has 7 nitrogen and oxygen atoms in total. The molecule has 0 aromatic carbocycles. The maximum atomic E-state index is 11.4. The fourth-order valence-electron chi connectivity index (χ4n) is 1.87. The number of esters is 1. The molecule has 1 atom stereocenters. The molecule has 1 unspecified atom stereocenters. The summed E-state index contributed by atoms with van der Waals surface area (Å²) in [5, 5.41) is 9.10. The quantitative estimate of drug-likeness (QED) is 0.755. The van der Waals surface area contributed by atoms with Crippen LogP contribution in [0.4, 0.5) is 0 Å². The van der Waals surface area contributed by atoms with Gasteiger partial charge < -0.3 is 19.0 Å². The highest BCUT2D eigenvalue weighted by atomic mass is 16.6. The predicted molar refractivity (Wildman–Crippen MR) is 63.7 cm³/mol. The molecule has 1 N–H and O–H groups in total. The van der Waals surface area contributed by atoms with Gasteiger partial charge in [0.05, 0.1) is 20.3 Å². The van der Waals surface area contributed by atoms with Crippen LogP contribution in [0.3, 0.4) is 0 Å². The third-order valence-electron chi connectivity index (χ3n) is 2.86. The van der Waals surface area contributed by atoms with Crippen molar-refractivity contribution in [2.75, 3.05) is 26.8 Å². The second kappa shape index (κ2) is 5.85. The first-order chi connectivity index (χ1) is 9.10. The van der Waals surface area contributed by atoms with E-state index in [0.717, 1.165) is 6.26 Å². The van der Waals surface area contributed by atoms with Crippen LogP contribution in [0.25, 0.3) is 0 Å². The van der Waals surface area contributed by atoms with Crippen LogP contribution in [-0.2, 0) is 20.8 Å². The summed E-state index contributed by atoms with van der Waals surface area (Å²) in [4.78, 5) is 24.6. The molecule has 2 heterocycles. The van der Waals surface area contributed by atoms with E-state index in [4.69, 9.17) is 14.3 Å². The second-order valence-corrected chi connectivity index (χ2v) is 4.21. The van der Waals surface area contributed by atoms with Crippen molar-refractivity contribution in [2.24, 2.45) is 0 Å². The van der Waals surface area contributed by atoms with Crippen molar-refractivity contribution in [3.8, 4) is 5.75 Å². The zero-order valence-corrected chi connectivity index (χ0v) is 10.5. The fraction of sp³-hybridized carbons (Fsp3) is 0.500. The molecule has 0 aliphatic carbocycles. The van der Waals surface area contributed by atoms with E-state index in [1.807, 2.05) is 4.90 Å². The summed E-state index contributed by atoms with van der Waals surface area (Å²) in [7, 11) is 1.31. The summed E-state index contributed by atoms with van der Waals surface area (Å²) < 4.78 is 15.0. The summed E-state index contributed by atoms with van der Waals surface area (Å²) in [5.41, 5.74) is -0.487. The van der Waals surface area contributed by atoms with Crippen molar-refractivity contribution in [3.63, 3.8) is 0 Å². The standard InChI is InChI=1S/C12H15NO6/c1-17-12(16)11-6-13(2-3-18-11)5-8-4-9(14)10(15)7-19-8/h4,7,11,15H,2-3,5-6H2,1H3. The molecule has 19 heavy (non-hydrogen) atoms. The lowest BCUT2D eigenvalue weighted by Gasteiger charge is -2.30. The number of morpholine rings is 1. The number of aromatic hydroxyl groups is 1. The van der Waals surface area contributed by atoms with Gasteiger partial charge >= 0.3 is 5.97 Å². The summed E-state index contributed by atoms with van der Waals surface area (Å²) in [6, 6.07) is 1.23. The zero-order chi connectivity index (χ0) is 13.8. The Morgan fingerprint density at radius 3 is 3.11 bits per heavy atom. The maximum Gasteiger partial charge on any atom is 0.336 e. The highest BCUT2D eigenvalue weighted by molar-refractivity contribution is 5.74. The van der Waals surface area contributed by atoms with Crippen LogP contribution in [0.1, 0.15) is 5.76 Å². The van der Waals surface area contributed by atoms with E-state index >= 15 is 0 Å². The molecule has 0 radical (unpaired) electrons. The summed E-state index contributed by atoms with van der Waals surface area (Å²) in [6.07, 6.45) is 0.387. The number of carbonyl (C=O) groups is 1. The molecule has 104 valence electrons. The van der Waals surface area contributed by atoms with E-state index in [2.05, 4.69) is 4.74 Å². The first-order valence-electron chi connectivity index (χ1n) is 5.82. The molecule has 0 saturated carbocycles. The Balaban J connectivity index is 2.00. The van der Waals surface area contributed by atoms with Crippen LogP contribution < -0.4 is 5.43 Å². The van der Waals surface area contributed by atoms with Gasteiger partial charge in [-0.2, -0.15) is 0 Å². The first kappa shape index (κ1) is 13.6. The van der Waals surface area contributed by atoms with Crippen LogP contribution in [0, 0.1) is 0 Å². The number of carbonyl (C=O) groups excluding carboxylic acids is 1. The Kier molecular flexibility index (Phi) is 4.18. The SMILES string of the molecule is COC(=O)C1CN(Cc2cc(=O)c(O)co2)CCO1. The van der Waals surface area contributed by atoms with E-state index in [9.17, 15) is 9.59 Å². The average Bonchev–Trinajstić information content (AvgIpc) is 2.42. The molecule has 2 rings (SSSR count). The van der Waals surface area contributed by atoms with Crippen molar-refractivity contribution in [2.45, 2.75) is 12.6 Å². The Morgan fingerprint density at radius 2 is 2.42 bits per heavy atom. The largest absolute Gasteiger partial charge is 0.502 e. The molecule has 1 aliphatic rings. The molecule has 7 heteroatoms. The van der Waals surface area contributed by atoms with Crippen LogP contribution in [0.5, 0.6) is 5.75 Å². The van der Waals surface area contributed by atoms with Crippen LogP contribution in [0.15, 0.2) is 21.5 Å². The van der Waals surface area contributed by atoms with E-state index < -0.39 is 23.3 Å². The van der Waals surface area contributed by atoms with Gasteiger partial charge in [-0.05, 0) is 0 Å². The maximum absolute atomic E-state index is 11.4. The van der Waals surface area contributed by atoms with E-state index in [0.29, 0.717) is 32.0 Å². The van der Waals surface area contributed by atoms with E-state index in [-0.39, 0.29) is 0 Å². The van der Waals surface area contributed by atoms with Gasteiger partial charge in [0.1, 0.15) is 12.0 Å². The molecule has 1 fully saturated rings. The molecule has 0 bridgehead atoms. The molecular weight excluding hydrogens is 254 g/mol. The number of hydrogen-bond acceptors (Lipinski definition) is 7. The average molecular weight is 269 g/mol. The topological polar surface area (TPSA) is 89.2 Å². The minimum absolute atomic E-state index is 0.367. The Morgan fingerprint density at radius 1 is 1.63 bits per heavy atom. The van der Waals surface area contributed by atoms with Crippen LogP contribution in [-0.4, -0.2) is 48.9 Å². The van der Waals surface area contributed by atoms with Gasteiger partial charge in [0.15, 0.2) is 11.9 Å². The monoisotopic (exact) mass is 269 g/mol. The van der Waals surface area contributed by atoms with E-state index in [1.54, 1.807) is 0 Å². The number of methoxy groups -OCH3 is 1. The Hall–Kier alpha value is -1.86. The van der Waals surface area contributed by atoms with Gasteiger partial charge in [-0.3, -0.25) is 9.69 Å². The van der Waals surface area contributed by atoms with Crippen molar-refractivity contribution in [1.82, 2.24) is 4.90 Å². The molecular formula is C12H15NO6. The highest BCUT2D eigenvalue weighted by Crippen LogP contribution is 2.12. The van der Waals surface area contributed by atoms with Crippen LogP contribution >= 0.6 is 0 Å². The van der Waals surface area contributed by atoms with E-state index in [1.165, 1.54) is 13.2 Å². The summed E-state index contributed by atoms with van der Waals surface area (Å²) in [6.45, 7) is 1.77. The van der Waals surface area contributed by atoms with Gasteiger partial charge in [-0.25, -0.2) is 4.79 Å². The number of nitrogens with zero attached hydrogens (tertiary/aromatic N) is 1. The molecule has 0 amide bonds. The lowest BCUT2D eigenvalue weighted by Crippen LogP contribution is -2.46. The van der Waals surface area contributed by atoms with Gasteiger partial charge in [-0.15, -0.1) is 0 Å². The molecule has 0 spiro atoms. The normalized spacial score (nSPS) is 20.2. The van der Waals surface area contributed by atoms with Crippen molar-refractivity contribution in [3.05, 3.63) is 28.3 Å². The second-order valence-electron chi connectivity index (χ2n) is 4.21. The van der Waals surface area contributed by atoms with Gasteiger partial charge in [-0.1, -0.05) is 0 Å².